The molecule has 1 aromatic heterocycles. The molecule has 1 heterocycles. The lowest BCUT2D eigenvalue weighted by Gasteiger charge is -2.14. The fourth-order valence-electron chi connectivity index (χ4n) is 3.91. The standard InChI is InChI=1S/C30H27N3O3S/c1-4-20-7-5-6-8-27(20)32-29(34)19-37-30-26(18-31)25(21-9-13-23(35-2)14-10-21)17-28(33-30)22-11-15-24(36-3)16-12-22/h5-17H,4,19H2,1-3H3,(H,32,34). The van der Waals surface area contributed by atoms with Crippen molar-refractivity contribution in [3.05, 3.63) is 90.0 Å². The van der Waals surface area contributed by atoms with Gasteiger partial charge in [0.05, 0.1) is 31.2 Å². The number of rotatable bonds is 9. The topological polar surface area (TPSA) is 84.2 Å². The summed E-state index contributed by atoms with van der Waals surface area (Å²) >= 11 is 1.25. The Morgan fingerprint density at radius 3 is 2.16 bits per heavy atom. The van der Waals surface area contributed by atoms with Crippen molar-refractivity contribution >= 4 is 23.4 Å². The average molecular weight is 510 g/mol. The zero-order chi connectivity index (χ0) is 26.2. The predicted octanol–water partition coefficient (Wildman–Crippen LogP) is 6.60. The first-order valence-electron chi connectivity index (χ1n) is 11.8. The zero-order valence-electron chi connectivity index (χ0n) is 20.9. The minimum absolute atomic E-state index is 0.119. The van der Waals surface area contributed by atoms with Crippen LogP contribution in [0.15, 0.2) is 83.9 Å². The molecule has 3 aromatic carbocycles. The summed E-state index contributed by atoms with van der Waals surface area (Å²) < 4.78 is 10.6. The van der Waals surface area contributed by atoms with Gasteiger partial charge in [0.1, 0.15) is 22.6 Å². The van der Waals surface area contributed by atoms with E-state index in [1.54, 1.807) is 14.2 Å². The lowest BCUT2D eigenvalue weighted by Crippen LogP contribution is -2.15. The highest BCUT2D eigenvalue weighted by Gasteiger charge is 2.18. The quantitative estimate of drug-likeness (QED) is 0.256. The van der Waals surface area contributed by atoms with E-state index in [9.17, 15) is 10.1 Å². The van der Waals surface area contributed by atoms with E-state index < -0.39 is 0 Å². The number of nitrogens with zero attached hydrogens (tertiary/aromatic N) is 2. The van der Waals surface area contributed by atoms with Gasteiger partial charge < -0.3 is 14.8 Å². The number of aryl methyl sites for hydroxylation is 1. The number of thioether (sulfide) groups is 1. The fourth-order valence-corrected chi connectivity index (χ4v) is 4.72. The van der Waals surface area contributed by atoms with Crippen LogP contribution in [-0.4, -0.2) is 30.9 Å². The van der Waals surface area contributed by atoms with E-state index in [-0.39, 0.29) is 11.7 Å². The number of methoxy groups -OCH3 is 2. The van der Waals surface area contributed by atoms with Crippen molar-refractivity contribution < 1.29 is 14.3 Å². The van der Waals surface area contributed by atoms with E-state index in [4.69, 9.17) is 14.5 Å². The van der Waals surface area contributed by atoms with Gasteiger partial charge in [-0.25, -0.2) is 4.98 Å². The van der Waals surface area contributed by atoms with Crippen molar-refractivity contribution in [2.75, 3.05) is 25.3 Å². The fraction of sp³-hybridized carbons (Fsp3) is 0.167. The number of benzene rings is 3. The van der Waals surface area contributed by atoms with Gasteiger partial charge in [-0.05, 0) is 66.1 Å². The van der Waals surface area contributed by atoms with Gasteiger partial charge in [0.15, 0.2) is 0 Å². The number of amides is 1. The van der Waals surface area contributed by atoms with Gasteiger partial charge in [0.2, 0.25) is 5.91 Å². The second-order valence-corrected chi connectivity index (χ2v) is 9.12. The van der Waals surface area contributed by atoms with Crippen LogP contribution in [0.5, 0.6) is 11.5 Å². The zero-order valence-corrected chi connectivity index (χ0v) is 21.8. The van der Waals surface area contributed by atoms with Gasteiger partial charge in [-0.3, -0.25) is 4.79 Å². The molecule has 6 nitrogen and oxygen atoms in total. The average Bonchev–Trinajstić information content (AvgIpc) is 2.96. The molecule has 0 unspecified atom stereocenters. The first-order valence-corrected chi connectivity index (χ1v) is 12.8. The summed E-state index contributed by atoms with van der Waals surface area (Å²) in [6.45, 7) is 2.05. The van der Waals surface area contributed by atoms with Crippen molar-refractivity contribution in [2.45, 2.75) is 18.4 Å². The van der Waals surface area contributed by atoms with Crippen LogP contribution < -0.4 is 14.8 Å². The number of hydrogen-bond donors (Lipinski definition) is 1. The maximum absolute atomic E-state index is 12.8. The maximum Gasteiger partial charge on any atom is 0.234 e. The summed E-state index contributed by atoms with van der Waals surface area (Å²) in [6.07, 6.45) is 0.818. The molecule has 4 aromatic rings. The number of aromatic nitrogens is 1. The molecule has 0 radical (unpaired) electrons. The Labute approximate surface area is 221 Å². The lowest BCUT2D eigenvalue weighted by molar-refractivity contribution is -0.113. The second kappa shape index (κ2) is 12.1. The van der Waals surface area contributed by atoms with Gasteiger partial charge in [-0.2, -0.15) is 5.26 Å². The third kappa shape index (κ3) is 6.11. The van der Waals surface area contributed by atoms with E-state index in [0.717, 1.165) is 45.9 Å². The van der Waals surface area contributed by atoms with Gasteiger partial charge in [-0.1, -0.05) is 49.0 Å². The van der Waals surface area contributed by atoms with E-state index in [1.807, 2.05) is 85.8 Å². The van der Waals surface area contributed by atoms with Crippen LogP contribution in [0.1, 0.15) is 18.1 Å². The van der Waals surface area contributed by atoms with Crippen molar-refractivity contribution in [1.29, 1.82) is 5.26 Å². The molecular formula is C30H27N3O3S. The molecule has 0 aliphatic rings. The Hall–Kier alpha value is -4.28. The van der Waals surface area contributed by atoms with Crippen LogP contribution in [0.25, 0.3) is 22.4 Å². The van der Waals surface area contributed by atoms with Gasteiger partial charge in [0, 0.05) is 16.8 Å². The number of hydrogen-bond acceptors (Lipinski definition) is 6. The number of carbonyl (C=O) groups excluding carboxylic acids is 1. The number of pyridine rings is 1. The van der Waals surface area contributed by atoms with Crippen LogP contribution in [0.2, 0.25) is 0 Å². The highest BCUT2D eigenvalue weighted by Crippen LogP contribution is 2.35. The number of nitriles is 1. The summed E-state index contributed by atoms with van der Waals surface area (Å²) in [5.41, 5.74) is 5.47. The Kier molecular flexibility index (Phi) is 8.44. The Morgan fingerprint density at radius 1 is 0.946 bits per heavy atom. The van der Waals surface area contributed by atoms with Crippen LogP contribution in [0.4, 0.5) is 5.69 Å². The summed E-state index contributed by atoms with van der Waals surface area (Å²) in [6, 6.07) is 27.1. The molecule has 0 bridgehead atoms. The number of para-hydroxylation sites is 1. The molecule has 186 valence electrons. The van der Waals surface area contributed by atoms with Crippen LogP contribution >= 0.6 is 11.8 Å². The second-order valence-electron chi connectivity index (χ2n) is 8.15. The number of anilines is 1. The summed E-state index contributed by atoms with van der Waals surface area (Å²) in [4.78, 5) is 17.6. The maximum atomic E-state index is 12.8. The third-order valence-electron chi connectivity index (χ3n) is 5.90. The molecule has 7 heteroatoms. The van der Waals surface area contributed by atoms with Crippen molar-refractivity contribution in [3.8, 4) is 40.0 Å². The summed E-state index contributed by atoms with van der Waals surface area (Å²) in [5, 5.41) is 13.6. The summed E-state index contributed by atoms with van der Waals surface area (Å²) in [7, 11) is 3.23. The monoisotopic (exact) mass is 509 g/mol. The van der Waals surface area contributed by atoms with Crippen LogP contribution in [0.3, 0.4) is 0 Å². The minimum atomic E-state index is -0.155. The summed E-state index contributed by atoms with van der Waals surface area (Å²) in [5.74, 6) is 1.43. The molecule has 0 saturated heterocycles. The molecular weight excluding hydrogens is 482 g/mol. The van der Waals surface area contributed by atoms with Crippen molar-refractivity contribution in [1.82, 2.24) is 4.98 Å². The van der Waals surface area contributed by atoms with Crippen molar-refractivity contribution in [3.63, 3.8) is 0 Å². The molecule has 0 aliphatic heterocycles. The Balaban J connectivity index is 1.69. The first-order chi connectivity index (χ1) is 18.1. The van der Waals surface area contributed by atoms with Crippen LogP contribution in [0, 0.1) is 11.3 Å². The van der Waals surface area contributed by atoms with E-state index in [0.29, 0.717) is 16.3 Å². The van der Waals surface area contributed by atoms with Gasteiger partial charge in [0.25, 0.3) is 0 Å². The van der Waals surface area contributed by atoms with E-state index in [1.165, 1.54) is 11.8 Å². The number of nitrogens with one attached hydrogen (secondary N) is 1. The molecule has 0 atom stereocenters. The smallest absolute Gasteiger partial charge is 0.234 e. The predicted molar refractivity (Wildman–Crippen MR) is 148 cm³/mol. The molecule has 1 N–H and O–H groups in total. The van der Waals surface area contributed by atoms with Crippen molar-refractivity contribution in [2.24, 2.45) is 0 Å². The van der Waals surface area contributed by atoms with Gasteiger partial charge >= 0.3 is 0 Å². The molecule has 0 saturated carbocycles. The van der Waals surface area contributed by atoms with Gasteiger partial charge in [-0.15, -0.1) is 0 Å². The molecule has 0 aliphatic carbocycles. The molecule has 0 spiro atoms. The molecule has 0 fully saturated rings. The van der Waals surface area contributed by atoms with E-state index >= 15 is 0 Å². The lowest BCUT2D eigenvalue weighted by atomic mass is 9.99. The molecule has 1 amide bonds. The van der Waals surface area contributed by atoms with E-state index in [2.05, 4.69) is 11.4 Å². The SMILES string of the molecule is CCc1ccccc1NC(=O)CSc1nc(-c2ccc(OC)cc2)cc(-c2ccc(OC)cc2)c1C#N. The highest BCUT2D eigenvalue weighted by molar-refractivity contribution is 8.00. The number of ether oxygens (including phenoxy) is 2. The largest absolute Gasteiger partial charge is 0.497 e. The first kappa shape index (κ1) is 25.8. The number of carbonyl (C=O) groups is 1. The molecule has 37 heavy (non-hydrogen) atoms. The third-order valence-corrected chi connectivity index (χ3v) is 6.87. The Morgan fingerprint density at radius 2 is 1.57 bits per heavy atom. The normalized spacial score (nSPS) is 10.4. The molecule has 4 rings (SSSR count). The minimum Gasteiger partial charge on any atom is -0.497 e. The van der Waals surface area contributed by atoms with Crippen LogP contribution in [-0.2, 0) is 11.2 Å². The highest BCUT2D eigenvalue weighted by atomic mass is 32.2. The Bertz CT molecular complexity index is 1430.